The summed E-state index contributed by atoms with van der Waals surface area (Å²) in [5.74, 6) is -0.992. The van der Waals surface area contributed by atoms with E-state index in [1.54, 1.807) is 18.2 Å². The minimum absolute atomic E-state index is 0.0257. The Balaban J connectivity index is 1.88. The highest BCUT2D eigenvalue weighted by molar-refractivity contribution is 5.88. The van der Waals surface area contributed by atoms with Crippen LogP contribution >= 0.6 is 0 Å². The minimum Gasteiger partial charge on any atom is -0.478 e. The van der Waals surface area contributed by atoms with E-state index in [1.807, 2.05) is 0 Å². The fourth-order valence-electron chi connectivity index (χ4n) is 2.82. The summed E-state index contributed by atoms with van der Waals surface area (Å²) in [6.45, 7) is 4.53. The van der Waals surface area contributed by atoms with E-state index in [2.05, 4.69) is 19.2 Å². The first kappa shape index (κ1) is 15.5. The van der Waals surface area contributed by atoms with E-state index in [0.29, 0.717) is 5.41 Å². The molecule has 1 fully saturated rings. The number of amides is 1. The van der Waals surface area contributed by atoms with E-state index in [4.69, 9.17) is 5.11 Å². The van der Waals surface area contributed by atoms with Crippen LogP contribution in [0.5, 0.6) is 0 Å². The summed E-state index contributed by atoms with van der Waals surface area (Å²) < 4.78 is 0. The number of hydrogen-bond acceptors (Lipinski definition) is 2. The van der Waals surface area contributed by atoms with Crippen molar-refractivity contribution in [3.8, 4) is 0 Å². The van der Waals surface area contributed by atoms with Crippen molar-refractivity contribution in [2.45, 2.75) is 52.0 Å². The third-order valence-corrected chi connectivity index (χ3v) is 4.24. The minimum atomic E-state index is -0.966. The van der Waals surface area contributed by atoms with Gasteiger partial charge in [0.2, 0.25) is 5.91 Å². The van der Waals surface area contributed by atoms with E-state index in [1.165, 1.54) is 6.07 Å². The summed E-state index contributed by atoms with van der Waals surface area (Å²) in [5.41, 5.74) is 1.35. The molecule has 2 N–H and O–H groups in total. The molecular formula is C17H23NO3. The number of benzene rings is 1. The van der Waals surface area contributed by atoms with Gasteiger partial charge in [0.25, 0.3) is 0 Å². The number of rotatable bonds is 4. The lowest BCUT2D eigenvalue weighted by Crippen LogP contribution is -2.39. The molecule has 4 nitrogen and oxygen atoms in total. The van der Waals surface area contributed by atoms with Crippen molar-refractivity contribution in [2.24, 2.45) is 5.41 Å². The van der Waals surface area contributed by atoms with Crippen LogP contribution < -0.4 is 5.32 Å². The van der Waals surface area contributed by atoms with E-state index in [-0.39, 0.29) is 23.9 Å². The smallest absolute Gasteiger partial charge is 0.335 e. The Morgan fingerprint density at radius 1 is 1.29 bits per heavy atom. The van der Waals surface area contributed by atoms with Gasteiger partial charge in [-0.1, -0.05) is 26.0 Å². The molecule has 0 aromatic heterocycles. The zero-order valence-corrected chi connectivity index (χ0v) is 12.7. The molecule has 1 aliphatic carbocycles. The zero-order chi connectivity index (χ0) is 15.5. The van der Waals surface area contributed by atoms with Crippen molar-refractivity contribution < 1.29 is 14.7 Å². The number of carbonyl (C=O) groups excluding carboxylic acids is 1. The average molecular weight is 289 g/mol. The second kappa shape index (κ2) is 6.29. The Kier molecular flexibility index (Phi) is 4.66. The van der Waals surface area contributed by atoms with Gasteiger partial charge in [-0.25, -0.2) is 4.79 Å². The van der Waals surface area contributed by atoms with E-state index >= 15 is 0 Å². The van der Waals surface area contributed by atoms with Gasteiger partial charge in [-0.05, 0) is 48.8 Å². The van der Waals surface area contributed by atoms with Crippen LogP contribution in [0.2, 0.25) is 0 Å². The quantitative estimate of drug-likeness (QED) is 0.895. The van der Waals surface area contributed by atoms with Crippen LogP contribution in [0.3, 0.4) is 0 Å². The van der Waals surface area contributed by atoms with Crippen molar-refractivity contribution in [3.05, 3.63) is 35.4 Å². The molecule has 0 aliphatic heterocycles. The molecule has 1 aliphatic rings. The van der Waals surface area contributed by atoms with Crippen molar-refractivity contribution in [1.82, 2.24) is 5.32 Å². The number of carboxylic acid groups (broad SMARTS) is 1. The highest BCUT2D eigenvalue weighted by Gasteiger charge is 2.27. The van der Waals surface area contributed by atoms with E-state index in [0.717, 1.165) is 31.2 Å². The van der Waals surface area contributed by atoms with Crippen molar-refractivity contribution >= 4 is 11.9 Å². The molecule has 0 bridgehead atoms. The molecule has 114 valence electrons. The number of nitrogens with one attached hydrogen (secondary N) is 1. The highest BCUT2D eigenvalue weighted by atomic mass is 16.4. The number of aromatic carboxylic acids is 1. The fourth-order valence-corrected chi connectivity index (χ4v) is 2.82. The maximum absolute atomic E-state index is 12.1. The first-order chi connectivity index (χ1) is 9.85. The van der Waals surface area contributed by atoms with Crippen LogP contribution in [0.4, 0.5) is 0 Å². The van der Waals surface area contributed by atoms with Gasteiger partial charge in [0.05, 0.1) is 12.0 Å². The van der Waals surface area contributed by atoms with Crippen LogP contribution in [0.15, 0.2) is 24.3 Å². The van der Waals surface area contributed by atoms with Crippen molar-refractivity contribution in [2.75, 3.05) is 0 Å². The SMILES string of the molecule is CC1(C)CCC(NC(=O)Cc2cccc(C(=O)O)c2)CC1. The van der Waals surface area contributed by atoms with Crippen LogP contribution in [0.1, 0.15) is 55.5 Å². The van der Waals surface area contributed by atoms with Gasteiger partial charge in [0.1, 0.15) is 0 Å². The number of carbonyl (C=O) groups is 2. The first-order valence-corrected chi connectivity index (χ1v) is 7.47. The third kappa shape index (κ3) is 4.59. The molecule has 0 radical (unpaired) electrons. The zero-order valence-electron chi connectivity index (χ0n) is 12.7. The molecule has 2 rings (SSSR count). The molecule has 1 aromatic carbocycles. The summed E-state index contributed by atoms with van der Waals surface area (Å²) in [6.07, 6.45) is 4.54. The Morgan fingerprint density at radius 2 is 1.95 bits per heavy atom. The van der Waals surface area contributed by atoms with Gasteiger partial charge in [0, 0.05) is 6.04 Å². The summed E-state index contributed by atoms with van der Waals surface area (Å²) in [4.78, 5) is 23.0. The Bertz CT molecular complexity index is 527. The van der Waals surface area contributed by atoms with Gasteiger partial charge >= 0.3 is 5.97 Å². The van der Waals surface area contributed by atoms with Crippen LogP contribution in [-0.4, -0.2) is 23.0 Å². The normalized spacial score (nSPS) is 18.2. The Morgan fingerprint density at radius 3 is 2.57 bits per heavy atom. The molecule has 0 unspecified atom stereocenters. The van der Waals surface area contributed by atoms with Crippen LogP contribution in [0.25, 0.3) is 0 Å². The van der Waals surface area contributed by atoms with Gasteiger partial charge < -0.3 is 10.4 Å². The van der Waals surface area contributed by atoms with Gasteiger partial charge in [-0.2, -0.15) is 0 Å². The largest absolute Gasteiger partial charge is 0.478 e. The molecule has 1 amide bonds. The molecule has 0 atom stereocenters. The first-order valence-electron chi connectivity index (χ1n) is 7.47. The average Bonchev–Trinajstić information content (AvgIpc) is 2.41. The van der Waals surface area contributed by atoms with Gasteiger partial charge in [-0.15, -0.1) is 0 Å². The van der Waals surface area contributed by atoms with E-state index in [9.17, 15) is 9.59 Å². The van der Waals surface area contributed by atoms with Gasteiger partial charge in [0.15, 0.2) is 0 Å². The highest BCUT2D eigenvalue weighted by Crippen LogP contribution is 2.34. The summed E-state index contributed by atoms with van der Waals surface area (Å²) in [5, 5.41) is 12.0. The number of carboxylic acids is 1. The molecule has 0 spiro atoms. The Hall–Kier alpha value is -1.84. The van der Waals surface area contributed by atoms with E-state index < -0.39 is 5.97 Å². The van der Waals surface area contributed by atoms with Crippen molar-refractivity contribution in [3.63, 3.8) is 0 Å². The van der Waals surface area contributed by atoms with Crippen LogP contribution in [-0.2, 0) is 11.2 Å². The lowest BCUT2D eigenvalue weighted by atomic mass is 9.75. The standard InChI is InChI=1S/C17H23NO3/c1-17(2)8-6-14(7-9-17)18-15(19)11-12-4-3-5-13(10-12)16(20)21/h3-5,10,14H,6-9,11H2,1-2H3,(H,18,19)(H,20,21). The summed E-state index contributed by atoms with van der Waals surface area (Å²) in [6, 6.07) is 6.82. The van der Waals surface area contributed by atoms with Crippen molar-refractivity contribution in [1.29, 1.82) is 0 Å². The molecule has 21 heavy (non-hydrogen) atoms. The molecule has 1 aromatic rings. The van der Waals surface area contributed by atoms with Crippen LogP contribution in [0, 0.1) is 5.41 Å². The topological polar surface area (TPSA) is 66.4 Å². The number of hydrogen-bond donors (Lipinski definition) is 2. The predicted molar refractivity (Wildman–Crippen MR) is 81.3 cm³/mol. The fraction of sp³-hybridized carbons (Fsp3) is 0.529. The maximum atomic E-state index is 12.1. The predicted octanol–water partition coefficient (Wildman–Crippen LogP) is 3.01. The molecule has 0 heterocycles. The molecular weight excluding hydrogens is 266 g/mol. The second-order valence-corrected chi connectivity index (χ2v) is 6.69. The Labute approximate surface area is 125 Å². The summed E-state index contributed by atoms with van der Waals surface area (Å²) in [7, 11) is 0. The summed E-state index contributed by atoms with van der Waals surface area (Å²) >= 11 is 0. The lowest BCUT2D eigenvalue weighted by Gasteiger charge is -2.34. The van der Waals surface area contributed by atoms with Gasteiger partial charge in [-0.3, -0.25) is 4.79 Å². The molecule has 0 saturated heterocycles. The molecule has 1 saturated carbocycles. The maximum Gasteiger partial charge on any atom is 0.335 e. The lowest BCUT2D eigenvalue weighted by molar-refractivity contribution is -0.121. The second-order valence-electron chi connectivity index (χ2n) is 6.69. The monoisotopic (exact) mass is 289 g/mol. The molecule has 4 heteroatoms. The third-order valence-electron chi connectivity index (χ3n) is 4.24.